The third-order valence-electron chi connectivity index (χ3n) is 9.76. The summed E-state index contributed by atoms with van der Waals surface area (Å²) < 4.78 is 0. The highest BCUT2D eigenvalue weighted by molar-refractivity contribution is 5.98. The largest absolute Gasteiger partial charge is 0.311 e. The van der Waals surface area contributed by atoms with E-state index in [1.54, 1.807) is 0 Å². The number of nitrogens with zero attached hydrogens (tertiary/aromatic N) is 4. The maximum absolute atomic E-state index is 10.3. The Morgan fingerprint density at radius 1 is 0.304 bits per heavy atom. The summed E-state index contributed by atoms with van der Waals surface area (Å²) in [6, 6.07) is 70.6. The van der Waals surface area contributed by atoms with Crippen LogP contribution in [0.5, 0.6) is 0 Å². The fraction of sp³-hybridized carbons (Fsp3) is 0. The van der Waals surface area contributed by atoms with Crippen LogP contribution in [0.1, 0.15) is 33.4 Å². The van der Waals surface area contributed by atoms with Gasteiger partial charge in [0.05, 0.1) is 11.1 Å². The molecule has 0 aromatic heterocycles. The third kappa shape index (κ3) is 7.45. The lowest BCUT2D eigenvalue weighted by Crippen LogP contribution is -2.09. The van der Waals surface area contributed by atoms with E-state index in [1.165, 1.54) is 0 Å². The molecular formula is C52H36N4. The van der Waals surface area contributed by atoms with Gasteiger partial charge >= 0.3 is 0 Å². The Hall–Kier alpha value is -7.92. The van der Waals surface area contributed by atoms with Crippen molar-refractivity contribution in [2.24, 2.45) is 0 Å². The van der Waals surface area contributed by atoms with Gasteiger partial charge in [-0.05, 0) is 95.1 Å². The van der Waals surface area contributed by atoms with Crippen molar-refractivity contribution >= 4 is 69.2 Å². The predicted octanol–water partition coefficient (Wildman–Crippen LogP) is 13.9. The highest BCUT2D eigenvalue weighted by Gasteiger charge is 2.14. The lowest BCUT2D eigenvalue weighted by molar-refractivity contribution is 1.28. The first-order chi connectivity index (χ1) is 27.7. The van der Waals surface area contributed by atoms with Gasteiger partial charge in [0.25, 0.3) is 0 Å². The van der Waals surface area contributed by atoms with Crippen molar-refractivity contribution in [1.82, 2.24) is 0 Å². The van der Waals surface area contributed by atoms with Gasteiger partial charge in [0.15, 0.2) is 0 Å². The van der Waals surface area contributed by atoms with Crippen LogP contribution in [0, 0.1) is 22.7 Å². The van der Waals surface area contributed by atoms with Crippen LogP contribution >= 0.6 is 0 Å². The number of anilines is 6. The first-order valence-corrected chi connectivity index (χ1v) is 18.5. The van der Waals surface area contributed by atoms with Crippen molar-refractivity contribution in [3.8, 4) is 12.1 Å². The van der Waals surface area contributed by atoms with Crippen LogP contribution in [0.3, 0.4) is 0 Å². The van der Waals surface area contributed by atoms with Crippen LogP contribution in [-0.2, 0) is 0 Å². The molecule has 0 aliphatic heterocycles. The first-order valence-electron chi connectivity index (χ1n) is 18.5. The summed E-state index contributed by atoms with van der Waals surface area (Å²) in [7, 11) is 0. The fourth-order valence-electron chi connectivity index (χ4n) is 7.01. The monoisotopic (exact) mass is 716 g/mol. The second kappa shape index (κ2) is 16.4. The molecule has 0 aliphatic rings. The minimum absolute atomic E-state index is 0.540. The summed E-state index contributed by atoms with van der Waals surface area (Å²) in [6.07, 6.45) is 7.99. The average molecular weight is 717 g/mol. The molecule has 8 rings (SSSR count). The lowest BCUT2D eigenvalue weighted by atomic mass is 9.93. The average Bonchev–Trinajstić information content (AvgIpc) is 3.27. The summed E-state index contributed by atoms with van der Waals surface area (Å²) in [6.45, 7) is 0. The van der Waals surface area contributed by atoms with Crippen molar-refractivity contribution < 1.29 is 0 Å². The molecule has 0 saturated carbocycles. The zero-order valence-corrected chi connectivity index (χ0v) is 30.6. The molecule has 0 unspecified atom stereocenters. The molecule has 0 aliphatic carbocycles. The molecule has 264 valence electrons. The van der Waals surface area contributed by atoms with Crippen LogP contribution < -0.4 is 9.80 Å². The molecule has 0 heterocycles. The Morgan fingerprint density at radius 2 is 0.589 bits per heavy atom. The Balaban J connectivity index is 1.03. The fourth-order valence-corrected chi connectivity index (χ4v) is 7.01. The summed E-state index contributed by atoms with van der Waals surface area (Å²) in [5.74, 6) is 0. The van der Waals surface area contributed by atoms with E-state index in [9.17, 15) is 10.5 Å². The van der Waals surface area contributed by atoms with Crippen molar-refractivity contribution in [3.05, 3.63) is 228 Å². The van der Waals surface area contributed by atoms with Crippen molar-refractivity contribution in [1.29, 1.82) is 10.5 Å². The van der Waals surface area contributed by atoms with Gasteiger partial charge in [0.2, 0.25) is 0 Å². The molecule has 8 aromatic rings. The van der Waals surface area contributed by atoms with E-state index in [2.05, 4.69) is 119 Å². The molecular weight excluding hydrogens is 681 g/mol. The van der Waals surface area contributed by atoms with E-state index in [4.69, 9.17) is 0 Å². The normalized spacial score (nSPS) is 11.0. The first kappa shape index (κ1) is 35.1. The van der Waals surface area contributed by atoms with Gasteiger partial charge in [0, 0.05) is 44.9 Å². The van der Waals surface area contributed by atoms with Crippen molar-refractivity contribution in [3.63, 3.8) is 0 Å². The molecule has 4 heteroatoms. The smallest absolute Gasteiger partial charge is 0.100 e. The van der Waals surface area contributed by atoms with Crippen molar-refractivity contribution in [2.45, 2.75) is 0 Å². The van der Waals surface area contributed by atoms with Gasteiger partial charge < -0.3 is 9.80 Å². The van der Waals surface area contributed by atoms with E-state index >= 15 is 0 Å². The number of hydrogen-bond acceptors (Lipinski definition) is 4. The SMILES string of the molecule is N#Cc1c(C=Cc2ccc(N(c3ccccc3)c3ccccc3)cc2)ccc2c(C#N)c(C=Cc3ccc(N(c4ccccc4)c4ccccc4)cc3)ccc12. The van der Waals surface area contributed by atoms with Crippen LogP contribution in [-0.4, -0.2) is 0 Å². The number of rotatable bonds is 10. The Bertz CT molecular complexity index is 2450. The number of benzene rings is 8. The molecule has 0 atom stereocenters. The van der Waals surface area contributed by atoms with Crippen LogP contribution in [0.25, 0.3) is 35.1 Å². The summed E-state index contributed by atoms with van der Waals surface area (Å²) in [5, 5.41) is 22.2. The van der Waals surface area contributed by atoms with E-state index in [-0.39, 0.29) is 0 Å². The van der Waals surface area contributed by atoms with Crippen molar-refractivity contribution in [2.75, 3.05) is 9.80 Å². The van der Waals surface area contributed by atoms with Gasteiger partial charge in [-0.1, -0.05) is 146 Å². The summed E-state index contributed by atoms with van der Waals surface area (Å²) in [4.78, 5) is 4.45. The van der Waals surface area contributed by atoms with E-state index in [0.717, 1.165) is 67.2 Å². The minimum atomic E-state index is 0.540. The maximum atomic E-state index is 10.3. The minimum Gasteiger partial charge on any atom is -0.311 e. The standard InChI is InChI=1S/C52H36N4/c53-37-51-41(27-21-39-23-31-47(32-24-39)55(43-13-5-1-6-14-43)44-15-7-2-8-16-44)29-35-50-49(51)36-30-42(52(50)38-54)28-22-40-25-33-48(34-26-40)56(45-17-9-3-10-18-45)46-19-11-4-12-20-46/h1-36H. The summed E-state index contributed by atoms with van der Waals surface area (Å²) in [5.41, 5.74) is 11.1. The second-order valence-corrected chi connectivity index (χ2v) is 13.2. The predicted molar refractivity (Wildman–Crippen MR) is 233 cm³/mol. The van der Waals surface area contributed by atoms with E-state index in [0.29, 0.717) is 11.1 Å². The molecule has 0 radical (unpaired) electrons. The van der Waals surface area contributed by atoms with Gasteiger partial charge in [0.1, 0.15) is 12.1 Å². The Labute approximate surface area is 328 Å². The maximum Gasteiger partial charge on any atom is 0.100 e. The Morgan fingerprint density at radius 3 is 0.875 bits per heavy atom. The molecule has 0 bridgehead atoms. The number of para-hydroxylation sites is 4. The molecule has 0 saturated heterocycles. The molecule has 8 aromatic carbocycles. The molecule has 0 fully saturated rings. The zero-order valence-electron chi connectivity index (χ0n) is 30.6. The van der Waals surface area contributed by atoms with Gasteiger partial charge in [-0.15, -0.1) is 0 Å². The topological polar surface area (TPSA) is 54.1 Å². The number of fused-ring (bicyclic) bond motifs is 1. The van der Waals surface area contributed by atoms with Crippen LogP contribution in [0.4, 0.5) is 34.1 Å². The van der Waals surface area contributed by atoms with Gasteiger partial charge in [-0.3, -0.25) is 0 Å². The quantitative estimate of drug-likeness (QED) is 0.132. The molecule has 4 nitrogen and oxygen atoms in total. The molecule has 0 spiro atoms. The number of nitriles is 2. The molecule has 56 heavy (non-hydrogen) atoms. The van der Waals surface area contributed by atoms with E-state index < -0.39 is 0 Å². The highest BCUT2D eigenvalue weighted by Crippen LogP contribution is 2.36. The Kier molecular flexibility index (Phi) is 10.3. The zero-order chi connectivity index (χ0) is 38.1. The van der Waals surface area contributed by atoms with Crippen LogP contribution in [0.2, 0.25) is 0 Å². The highest BCUT2D eigenvalue weighted by atomic mass is 15.1. The second-order valence-electron chi connectivity index (χ2n) is 13.2. The molecule has 0 N–H and O–H groups in total. The number of hydrogen-bond donors (Lipinski definition) is 0. The molecule has 0 amide bonds. The third-order valence-corrected chi connectivity index (χ3v) is 9.76. The summed E-state index contributed by atoms with van der Waals surface area (Å²) >= 11 is 0. The van der Waals surface area contributed by atoms with Crippen LogP contribution in [0.15, 0.2) is 194 Å². The van der Waals surface area contributed by atoms with Gasteiger partial charge in [-0.25, -0.2) is 0 Å². The van der Waals surface area contributed by atoms with E-state index in [1.807, 2.05) is 121 Å². The lowest BCUT2D eigenvalue weighted by Gasteiger charge is -2.25. The van der Waals surface area contributed by atoms with Gasteiger partial charge in [-0.2, -0.15) is 10.5 Å².